The minimum Gasteiger partial charge on any atom is -0.484 e. The summed E-state index contributed by atoms with van der Waals surface area (Å²) in [5.41, 5.74) is -0.560. The van der Waals surface area contributed by atoms with Crippen LogP contribution in [0.3, 0.4) is 0 Å². The van der Waals surface area contributed by atoms with Crippen molar-refractivity contribution >= 4 is 24.6 Å². The number of hydrogen-bond acceptors (Lipinski definition) is 6. The monoisotopic (exact) mass is 460 g/mol. The minimum atomic E-state index is -0.549. The van der Waals surface area contributed by atoms with Crippen molar-refractivity contribution in [2.45, 2.75) is 78.2 Å². The fourth-order valence-electron chi connectivity index (χ4n) is 3.74. The molecule has 182 valence electrons. The molecule has 1 unspecified atom stereocenters. The van der Waals surface area contributed by atoms with Gasteiger partial charge in [-0.2, -0.15) is 0 Å². The molecule has 2 aliphatic rings. The highest BCUT2D eigenvalue weighted by atomic mass is 16.7. The summed E-state index contributed by atoms with van der Waals surface area (Å²) >= 11 is 0. The van der Waals surface area contributed by atoms with Gasteiger partial charge < -0.3 is 28.6 Å². The van der Waals surface area contributed by atoms with Crippen molar-refractivity contribution < 1.29 is 28.4 Å². The molecule has 2 saturated heterocycles. The van der Waals surface area contributed by atoms with Gasteiger partial charge in [0.05, 0.1) is 11.2 Å². The van der Waals surface area contributed by atoms with Crippen LogP contribution in [-0.2, 0) is 18.8 Å². The SMILES string of the molecule is CC1CN(C(=O)COc2cccc(B3OC(C)(C)C(C)(C)O3)c2)CCN1C(=O)OC(C)(C)C. The summed E-state index contributed by atoms with van der Waals surface area (Å²) in [5, 5.41) is 0. The van der Waals surface area contributed by atoms with Crippen molar-refractivity contribution in [2.24, 2.45) is 0 Å². The Morgan fingerprint density at radius 3 is 2.33 bits per heavy atom. The summed E-state index contributed by atoms with van der Waals surface area (Å²) < 4.78 is 23.5. The Kier molecular flexibility index (Phi) is 7.06. The molecule has 1 atom stereocenters. The molecule has 2 fully saturated rings. The van der Waals surface area contributed by atoms with Crippen LogP contribution in [0.4, 0.5) is 4.79 Å². The Morgan fingerprint density at radius 2 is 1.76 bits per heavy atom. The van der Waals surface area contributed by atoms with Gasteiger partial charge >= 0.3 is 13.2 Å². The Morgan fingerprint density at radius 1 is 1.12 bits per heavy atom. The van der Waals surface area contributed by atoms with Crippen LogP contribution in [0.5, 0.6) is 5.75 Å². The fraction of sp³-hybridized carbons (Fsp3) is 0.667. The lowest BCUT2D eigenvalue weighted by Gasteiger charge is -2.40. The van der Waals surface area contributed by atoms with E-state index in [1.165, 1.54) is 0 Å². The van der Waals surface area contributed by atoms with Crippen molar-refractivity contribution in [1.29, 1.82) is 0 Å². The van der Waals surface area contributed by atoms with Crippen molar-refractivity contribution in [2.75, 3.05) is 26.2 Å². The van der Waals surface area contributed by atoms with Crippen LogP contribution in [0.15, 0.2) is 24.3 Å². The summed E-state index contributed by atoms with van der Waals surface area (Å²) in [6, 6.07) is 7.31. The lowest BCUT2D eigenvalue weighted by atomic mass is 9.79. The zero-order valence-electron chi connectivity index (χ0n) is 21.1. The summed E-state index contributed by atoms with van der Waals surface area (Å²) in [5.74, 6) is 0.461. The van der Waals surface area contributed by atoms with Crippen molar-refractivity contribution in [3.05, 3.63) is 24.3 Å². The van der Waals surface area contributed by atoms with E-state index in [2.05, 4.69) is 0 Å². The minimum absolute atomic E-state index is 0.0774. The fourth-order valence-corrected chi connectivity index (χ4v) is 3.74. The molecule has 1 aromatic rings. The van der Waals surface area contributed by atoms with Crippen LogP contribution in [0, 0.1) is 0 Å². The van der Waals surface area contributed by atoms with Crippen LogP contribution in [0.1, 0.15) is 55.4 Å². The third-order valence-corrected chi connectivity index (χ3v) is 6.35. The van der Waals surface area contributed by atoms with E-state index < -0.39 is 23.9 Å². The summed E-state index contributed by atoms with van der Waals surface area (Å²) in [4.78, 5) is 28.5. The smallest absolute Gasteiger partial charge is 0.484 e. The molecule has 0 saturated carbocycles. The first-order chi connectivity index (χ1) is 15.2. The molecular weight excluding hydrogens is 423 g/mol. The van der Waals surface area contributed by atoms with Gasteiger partial charge in [-0.05, 0) is 73.0 Å². The van der Waals surface area contributed by atoms with Crippen molar-refractivity contribution in [3.63, 3.8) is 0 Å². The van der Waals surface area contributed by atoms with E-state index in [1.807, 2.05) is 79.7 Å². The molecular formula is C24H37BN2O6. The number of piperazine rings is 1. The Labute approximate surface area is 197 Å². The zero-order chi connectivity index (χ0) is 24.6. The zero-order valence-corrected chi connectivity index (χ0v) is 21.1. The van der Waals surface area contributed by atoms with Crippen molar-refractivity contribution in [3.8, 4) is 5.75 Å². The van der Waals surface area contributed by atoms with Gasteiger partial charge in [0.15, 0.2) is 6.61 Å². The predicted molar refractivity (Wildman–Crippen MR) is 127 cm³/mol. The molecule has 1 aromatic carbocycles. The number of amides is 2. The first-order valence-corrected chi connectivity index (χ1v) is 11.5. The number of carbonyl (C=O) groups excluding carboxylic acids is 2. The van der Waals surface area contributed by atoms with Crippen LogP contribution in [-0.4, -0.2) is 78.0 Å². The van der Waals surface area contributed by atoms with Crippen LogP contribution >= 0.6 is 0 Å². The van der Waals surface area contributed by atoms with E-state index in [1.54, 1.807) is 9.80 Å². The van der Waals surface area contributed by atoms with Gasteiger partial charge in [-0.3, -0.25) is 4.79 Å². The second-order valence-electron chi connectivity index (χ2n) is 10.8. The van der Waals surface area contributed by atoms with E-state index >= 15 is 0 Å². The maximum atomic E-state index is 12.8. The van der Waals surface area contributed by atoms with E-state index in [-0.39, 0.29) is 24.6 Å². The molecule has 0 spiro atoms. The van der Waals surface area contributed by atoms with Crippen molar-refractivity contribution in [1.82, 2.24) is 9.80 Å². The third-order valence-electron chi connectivity index (χ3n) is 6.35. The van der Waals surface area contributed by atoms with Gasteiger partial charge in [0.1, 0.15) is 11.4 Å². The number of benzene rings is 1. The maximum absolute atomic E-state index is 12.8. The Bertz CT molecular complexity index is 866. The lowest BCUT2D eigenvalue weighted by Crippen LogP contribution is -2.56. The first-order valence-electron chi connectivity index (χ1n) is 11.5. The molecule has 0 aliphatic carbocycles. The highest BCUT2D eigenvalue weighted by molar-refractivity contribution is 6.62. The number of ether oxygens (including phenoxy) is 2. The van der Waals surface area contributed by atoms with E-state index in [4.69, 9.17) is 18.8 Å². The second-order valence-corrected chi connectivity index (χ2v) is 10.8. The van der Waals surface area contributed by atoms with Gasteiger partial charge in [0.2, 0.25) is 0 Å². The molecule has 2 amide bonds. The molecule has 2 aliphatic heterocycles. The molecule has 0 aromatic heterocycles. The number of hydrogen-bond donors (Lipinski definition) is 0. The average Bonchev–Trinajstić information content (AvgIpc) is 2.92. The second kappa shape index (κ2) is 9.18. The van der Waals surface area contributed by atoms with Crippen LogP contribution < -0.4 is 10.2 Å². The van der Waals surface area contributed by atoms with Gasteiger partial charge in [-0.1, -0.05) is 12.1 Å². The predicted octanol–water partition coefficient (Wildman–Crippen LogP) is 2.83. The molecule has 9 heteroatoms. The lowest BCUT2D eigenvalue weighted by molar-refractivity contribution is -0.136. The van der Waals surface area contributed by atoms with Gasteiger partial charge in [0, 0.05) is 25.7 Å². The molecule has 8 nitrogen and oxygen atoms in total. The normalized spacial score (nSPS) is 22.3. The average molecular weight is 460 g/mol. The molecule has 0 bridgehead atoms. The maximum Gasteiger partial charge on any atom is 0.494 e. The standard InChI is InChI=1S/C24H37BN2O6/c1-17-15-26(12-13-27(17)21(29)31-22(2,3)4)20(28)16-30-19-11-9-10-18(14-19)25-32-23(5,6)24(7,8)33-25/h9-11,14,17H,12-13,15-16H2,1-8H3. The van der Waals surface area contributed by atoms with E-state index in [0.29, 0.717) is 25.4 Å². The number of carbonyl (C=O) groups is 2. The Balaban J connectivity index is 1.54. The first kappa shape index (κ1) is 25.4. The molecule has 2 heterocycles. The highest BCUT2D eigenvalue weighted by Crippen LogP contribution is 2.36. The van der Waals surface area contributed by atoms with Gasteiger partial charge in [-0.25, -0.2) is 4.79 Å². The highest BCUT2D eigenvalue weighted by Gasteiger charge is 2.51. The van der Waals surface area contributed by atoms with E-state index in [9.17, 15) is 9.59 Å². The summed E-state index contributed by atoms with van der Waals surface area (Å²) in [6.45, 7) is 16.7. The molecule has 3 rings (SSSR count). The summed E-state index contributed by atoms with van der Waals surface area (Å²) in [6.07, 6.45) is -0.349. The number of nitrogens with zero attached hydrogens (tertiary/aromatic N) is 2. The van der Waals surface area contributed by atoms with Gasteiger partial charge in [0.25, 0.3) is 5.91 Å². The van der Waals surface area contributed by atoms with E-state index in [0.717, 1.165) is 5.46 Å². The van der Waals surface area contributed by atoms with Gasteiger partial charge in [-0.15, -0.1) is 0 Å². The van der Waals surface area contributed by atoms with Crippen LogP contribution in [0.2, 0.25) is 0 Å². The number of rotatable bonds is 4. The largest absolute Gasteiger partial charge is 0.494 e. The topological polar surface area (TPSA) is 77.5 Å². The summed E-state index contributed by atoms with van der Waals surface area (Å²) in [7, 11) is -0.490. The quantitative estimate of drug-likeness (QED) is 0.644. The van der Waals surface area contributed by atoms with Crippen LogP contribution in [0.25, 0.3) is 0 Å². The third kappa shape index (κ3) is 6.01. The molecule has 0 radical (unpaired) electrons. The molecule has 0 N–H and O–H groups in total. The molecule has 33 heavy (non-hydrogen) atoms. The Hall–Kier alpha value is -2.26.